The molecule has 1 aliphatic carbocycles. The number of pyridine rings is 1. The number of aromatic nitrogens is 1. The molecule has 0 bridgehead atoms. The Kier molecular flexibility index (Phi) is 3.74. The predicted octanol–water partition coefficient (Wildman–Crippen LogP) is 0.567. The van der Waals surface area contributed by atoms with Gasteiger partial charge in [0.05, 0.1) is 11.2 Å². The zero-order chi connectivity index (χ0) is 19.5. The molecule has 1 amide bonds. The average molecular weight is 374 g/mol. The van der Waals surface area contributed by atoms with Crippen molar-refractivity contribution in [2.24, 2.45) is 11.5 Å². The van der Waals surface area contributed by atoms with Gasteiger partial charge in [0.25, 0.3) is 0 Å². The van der Waals surface area contributed by atoms with E-state index < -0.39 is 28.7 Å². The fourth-order valence-electron chi connectivity index (χ4n) is 3.65. The number of nitrogens with two attached hydrogens (primary N) is 2. The number of anilines is 1. The molecule has 5 N–H and O–H groups in total. The van der Waals surface area contributed by atoms with Gasteiger partial charge in [0.15, 0.2) is 0 Å². The molecule has 2 heterocycles. The van der Waals surface area contributed by atoms with E-state index in [9.17, 15) is 23.9 Å². The van der Waals surface area contributed by atoms with E-state index >= 15 is 0 Å². The summed E-state index contributed by atoms with van der Waals surface area (Å²) in [5.41, 5.74) is 9.71. The molecule has 1 unspecified atom stereocenters. The second kappa shape index (κ2) is 5.78. The molecule has 1 saturated heterocycles. The molecule has 2 aromatic rings. The number of carboxylic acids is 1. The number of hydrogen-bond acceptors (Lipinski definition) is 5. The van der Waals surface area contributed by atoms with Gasteiger partial charge in [-0.1, -0.05) is 0 Å². The smallest absolute Gasteiger partial charge is 0.341 e. The van der Waals surface area contributed by atoms with E-state index in [0.717, 1.165) is 18.9 Å². The first-order valence-electron chi connectivity index (χ1n) is 8.67. The van der Waals surface area contributed by atoms with E-state index in [1.807, 2.05) is 0 Å². The summed E-state index contributed by atoms with van der Waals surface area (Å²) in [6, 6.07) is 2.68. The second-order valence-corrected chi connectivity index (χ2v) is 7.33. The minimum Gasteiger partial charge on any atom is -0.477 e. The van der Waals surface area contributed by atoms with Crippen LogP contribution in [0.2, 0.25) is 0 Å². The molecular formula is C18H19FN4O4. The van der Waals surface area contributed by atoms with E-state index in [0.29, 0.717) is 18.5 Å². The standard InChI is InChI=1S/C18H19FN4O4/c19-12-5-10-13(6-14(12)22-4-3-18(21,8-22)17(20)27)23(9-1-2-9)7-11(15(10)24)16(25)26/h5-7,9H,1-4,8,21H2,(H2,20,27)(H,25,26). The molecule has 0 radical (unpaired) electrons. The van der Waals surface area contributed by atoms with Crippen molar-refractivity contribution in [2.75, 3.05) is 18.0 Å². The molecule has 1 aromatic heterocycles. The van der Waals surface area contributed by atoms with Gasteiger partial charge in [-0.15, -0.1) is 0 Å². The van der Waals surface area contributed by atoms with Crippen molar-refractivity contribution in [1.82, 2.24) is 4.57 Å². The number of primary amides is 1. The van der Waals surface area contributed by atoms with Crippen LogP contribution in [0.15, 0.2) is 23.1 Å². The lowest BCUT2D eigenvalue weighted by Crippen LogP contribution is -2.53. The number of hydrogen-bond donors (Lipinski definition) is 3. The third kappa shape index (κ3) is 2.74. The number of amides is 1. The molecule has 1 saturated carbocycles. The number of nitrogens with zero attached hydrogens (tertiary/aromatic N) is 2. The molecule has 2 fully saturated rings. The third-order valence-electron chi connectivity index (χ3n) is 5.40. The predicted molar refractivity (Wildman–Crippen MR) is 96.3 cm³/mol. The number of halogens is 1. The van der Waals surface area contributed by atoms with E-state index in [1.165, 1.54) is 12.3 Å². The van der Waals surface area contributed by atoms with Gasteiger partial charge < -0.3 is 26.0 Å². The van der Waals surface area contributed by atoms with Crippen LogP contribution in [0.4, 0.5) is 10.1 Å². The Labute approximate surface area is 153 Å². The first-order chi connectivity index (χ1) is 12.7. The van der Waals surface area contributed by atoms with Crippen LogP contribution in [0.3, 0.4) is 0 Å². The summed E-state index contributed by atoms with van der Waals surface area (Å²) in [4.78, 5) is 37.1. The quantitative estimate of drug-likeness (QED) is 0.717. The minimum absolute atomic E-state index is 0.0242. The lowest BCUT2D eigenvalue weighted by molar-refractivity contribution is -0.122. The summed E-state index contributed by atoms with van der Waals surface area (Å²) in [7, 11) is 0. The summed E-state index contributed by atoms with van der Waals surface area (Å²) in [6.07, 6.45) is 3.35. The lowest BCUT2D eigenvalue weighted by Gasteiger charge is -2.23. The Morgan fingerprint density at radius 1 is 1.30 bits per heavy atom. The van der Waals surface area contributed by atoms with Crippen molar-refractivity contribution in [2.45, 2.75) is 30.8 Å². The van der Waals surface area contributed by atoms with E-state index in [4.69, 9.17) is 11.5 Å². The maximum Gasteiger partial charge on any atom is 0.341 e. The summed E-state index contributed by atoms with van der Waals surface area (Å²) >= 11 is 0. The van der Waals surface area contributed by atoms with Gasteiger partial charge in [-0.3, -0.25) is 9.59 Å². The van der Waals surface area contributed by atoms with Gasteiger partial charge in [-0.2, -0.15) is 0 Å². The molecule has 9 heteroatoms. The first-order valence-corrected chi connectivity index (χ1v) is 8.67. The van der Waals surface area contributed by atoms with Crippen molar-refractivity contribution in [3.8, 4) is 0 Å². The molecular weight excluding hydrogens is 355 g/mol. The number of rotatable bonds is 4. The van der Waals surface area contributed by atoms with Crippen LogP contribution in [0.25, 0.3) is 10.9 Å². The molecule has 142 valence electrons. The highest BCUT2D eigenvalue weighted by molar-refractivity contribution is 5.94. The fraction of sp³-hybridized carbons (Fsp3) is 0.389. The zero-order valence-electron chi connectivity index (χ0n) is 14.4. The number of carboxylic acid groups (broad SMARTS) is 1. The van der Waals surface area contributed by atoms with Crippen molar-refractivity contribution in [3.63, 3.8) is 0 Å². The Balaban J connectivity index is 1.88. The summed E-state index contributed by atoms with van der Waals surface area (Å²) in [5, 5.41) is 9.31. The van der Waals surface area contributed by atoms with Gasteiger partial charge in [0.1, 0.15) is 16.9 Å². The van der Waals surface area contributed by atoms with Crippen LogP contribution in [0.5, 0.6) is 0 Å². The van der Waals surface area contributed by atoms with Gasteiger partial charge in [0, 0.05) is 30.7 Å². The maximum absolute atomic E-state index is 14.8. The molecule has 2 aliphatic rings. The molecule has 1 atom stereocenters. The van der Waals surface area contributed by atoms with Crippen LogP contribution in [0.1, 0.15) is 35.7 Å². The van der Waals surface area contributed by atoms with E-state index in [1.54, 1.807) is 9.47 Å². The zero-order valence-corrected chi connectivity index (χ0v) is 14.4. The Morgan fingerprint density at radius 2 is 2.00 bits per heavy atom. The highest BCUT2D eigenvalue weighted by Crippen LogP contribution is 2.38. The largest absolute Gasteiger partial charge is 0.477 e. The Bertz CT molecular complexity index is 1050. The summed E-state index contributed by atoms with van der Waals surface area (Å²) < 4.78 is 16.5. The molecule has 0 spiro atoms. The molecule has 4 rings (SSSR count). The third-order valence-corrected chi connectivity index (χ3v) is 5.40. The van der Waals surface area contributed by atoms with Crippen LogP contribution < -0.4 is 21.8 Å². The average Bonchev–Trinajstić information content (AvgIpc) is 3.36. The SMILES string of the molecule is NC(=O)C1(N)CCN(c2cc3c(cc2F)c(=O)c(C(=O)O)cn3C2CC2)C1. The topological polar surface area (TPSA) is 132 Å². The second-order valence-electron chi connectivity index (χ2n) is 7.33. The van der Waals surface area contributed by atoms with Gasteiger partial charge in [-0.25, -0.2) is 9.18 Å². The van der Waals surface area contributed by atoms with Crippen molar-refractivity contribution < 1.29 is 19.1 Å². The molecule has 1 aromatic carbocycles. The van der Waals surface area contributed by atoms with Crippen molar-refractivity contribution >= 4 is 28.5 Å². The van der Waals surface area contributed by atoms with Crippen molar-refractivity contribution in [3.05, 3.63) is 39.9 Å². The molecule has 8 nitrogen and oxygen atoms in total. The van der Waals surface area contributed by atoms with Crippen LogP contribution in [0, 0.1) is 5.82 Å². The van der Waals surface area contributed by atoms with Gasteiger partial charge in [0.2, 0.25) is 11.3 Å². The number of carbonyl (C=O) groups excluding carboxylic acids is 1. The number of benzene rings is 1. The highest BCUT2D eigenvalue weighted by atomic mass is 19.1. The molecule has 1 aliphatic heterocycles. The van der Waals surface area contributed by atoms with Crippen LogP contribution in [-0.2, 0) is 4.79 Å². The molecule has 27 heavy (non-hydrogen) atoms. The van der Waals surface area contributed by atoms with Crippen molar-refractivity contribution in [1.29, 1.82) is 0 Å². The lowest BCUT2D eigenvalue weighted by atomic mass is 10.00. The van der Waals surface area contributed by atoms with E-state index in [-0.39, 0.29) is 29.2 Å². The number of aromatic carboxylic acids is 1. The Morgan fingerprint density at radius 3 is 2.56 bits per heavy atom. The van der Waals surface area contributed by atoms with Gasteiger partial charge >= 0.3 is 5.97 Å². The van der Waals surface area contributed by atoms with Gasteiger partial charge in [-0.05, 0) is 31.4 Å². The summed E-state index contributed by atoms with van der Waals surface area (Å²) in [5.74, 6) is -2.65. The Hall–Kier alpha value is -2.94. The maximum atomic E-state index is 14.8. The van der Waals surface area contributed by atoms with Crippen LogP contribution >= 0.6 is 0 Å². The first kappa shape index (κ1) is 17.5. The van der Waals surface area contributed by atoms with Crippen LogP contribution in [-0.4, -0.2) is 40.2 Å². The normalized spacial score (nSPS) is 22.4. The highest BCUT2D eigenvalue weighted by Gasteiger charge is 2.40. The fourth-order valence-corrected chi connectivity index (χ4v) is 3.65. The van der Waals surface area contributed by atoms with E-state index in [2.05, 4.69) is 0 Å². The number of carbonyl (C=O) groups is 2. The monoisotopic (exact) mass is 374 g/mol. The minimum atomic E-state index is -1.34. The number of fused-ring (bicyclic) bond motifs is 1. The summed E-state index contributed by atoms with van der Waals surface area (Å²) in [6.45, 7) is 0.425.